The second kappa shape index (κ2) is 4.42. The Kier molecular flexibility index (Phi) is 2.99. The van der Waals surface area contributed by atoms with Gasteiger partial charge in [-0.3, -0.25) is 0 Å². The summed E-state index contributed by atoms with van der Waals surface area (Å²) in [7, 11) is 0. The Balaban J connectivity index is 1.94. The summed E-state index contributed by atoms with van der Waals surface area (Å²) in [6, 6.07) is 6.77. The fourth-order valence-corrected chi connectivity index (χ4v) is 1.32. The largest absolute Gasteiger partial charge is 0.478 e. The molecule has 0 atom stereocenters. The summed E-state index contributed by atoms with van der Waals surface area (Å²) in [5.74, 6) is -0.913. The van der Waals surface area contributed by atoms with Gasteiger partial charge in [0.25, 0.3) is 0 Å². The molecule has 1 N–H and O–H groups in total. The third kappa shape index (κ3) is 2.55. The Morgan fingerprint density at radius 1 is 1.53 bits per heavy atom. The van der Waals surface area contributed by atoms with E-state index in [1.807, 2.05) is 6.07 Å². The zero-order valence-corrected chi connectivity index (χ0v) is 8.18. The number of aromatic carboxylic acids is 1. The van der Waals surface area contributed by atoms with Gasteiger partial charge in [0.2, 0.25) is 0 Å². The monoisotopic (exact) mass is 208 g/mol. The van der Waals surface area contributed by atoms with Gasteiger partial charge in [-0.2, -0.15) is 0 Å². The second-order valence-corrected chi connectivity index (χ2v) is 3.48. The summed E-state index contributed by atoms with van der Waals surface area (Å²) >= 11 is 0. The number of hydrogen-bond donors (Lipinski definition) is 1. The molecule has 1 fully saturated rings. The third-order valence-corrected chi connectivity index (χ3v) is 2.27. The molecule has 1 aliphatic heterocycles. The molecule has 80 valence electrons. The molecule has 4 nitrogen and oxygen atoms in total. The molecular formula is C11H12O4. The molecule has 1 heterocycles. The minimum Gasteiger partial charge on any atom is -0.478 e. The van der Waals surface area contributed by atoms with Crippen LogP contribution in [0, 0.1) is 0 Å². The summed E-state index contributed by atoms with van der Waals surface area (Å²) in [6.07, 6.45) is 0.165. The van der Waals surface area contributed by atoms with Gasteiger partial charge in [0.15, 0.2) is 0 Å². The van der Waals surface area contributed by atoms with Crippen molar-refractivity contribution in [2.45, 2.75) is 12.7 Å². The molecule has 1 saturated heterocycles. The lowest BCUT2D eigenvalue weighted by atomic mass is 10.1. The summed E-state index contributed by atoms with van der Waals surface area (Å²) in [5, 5.41) is 8.78. The van der Waals surface area contributed by atoms with Crippen molar-refractivity contribution in [1.29, 1.82) is 0 Å². The topological polar surface area (TPSA) is 55.8 Å². The van der Waals surface area contributed by atoms with Crippen molar-refractivity contribution in [3.8, 4) is 0 Å². The van der Waals surface area contributed by atoms with E-state index in [4.69, 9.17) is 14.6 Å². The van der Waals surface area contributed by atoms with Crippen LogP contribution in [0.5, 0.6) is 0 Å². The first-order valence-corrected chi connectivity index (χ1v) is 4.77. The van der Waals surface area contributed by atoms with E-state index < -0.39 is 5.97 Å². The van der Waals surface area contributed by atoms with E-state index in [2.05, 4.69) is 0 Å². The summed E-state index contributed by atoms with van der Waals surface area (Å²) < 4.78 is 10.4. The fourth-order valence-electron chi connectivity index (χ4n) is 1.32. The highest BCUT2D eigenvalue weighted by Gasteiger charge is 2.18. The van der Waals surface area contributed by atoms with Gasteiger partial charge in [-0.25, -0.2) is 4.79 Å². The van der Waals surface area contributed by atoms with Gasteiger partial charge in [0, 0.05) is 0 Å². The predicted molar refractivity (Wildman–Crippen MR) is 52.8 cm³/mol. The van der Waals surface area contributed by atoms with Crippen LogP contribution in [0.2, 0.25) is 0 Å². The van der Waals surface area contributed by atoms with Crippen LogP contribution in [0.25, 0.3) is 0 Å². The molecule has 2 rings (SSSR count). The van der Waals surface area contributed by atoms with E-state index in [0.29, 0.717) is 25.4 Å². The van der Waals surface area contributed by atoms with E-state index in [0.717, 1.165) is 5.56 Å². The highest BCUT2D eigenvalue weighted by molar-refractivity contribution is 5.87. The van der Waals surface area contributed by atoms with Crippen LogP contribution in [0.3, 0.4) is 0 Å². The molecule has 4 heteroatoms. The Labute approximate surface area is 87.4 Å². The van der Waals surface area contributed by atoms with E-state index >= 15 is 0 Å². The SMILES string of the molecule is O=C(O)c1cccc(COC2COC2)c1. The molecule has 1 aromatic rings. The number of carboxylic acid groups (broad SMARTS) is 1. The molecule has 0 bridgehead atoms. The average Bonchev–Trinajstić information content (AvgIpc) is 2.16. The lowest BCUT2D eigenvalue weighted by Gasteiger charge is -2.25. The first kappa shape index (κ1) is 10.1. The molecule has 0 saturated carbocycles. The van der Waals surface area contributed by atoms with Crippen LogP contribution in [0.4, 0.5) is 0 Å². The Morgan fingerprint density at radius 3 is 2.93 bits per heavy atom. The fraction of sp³-hybridized carbons (Fsp3) is 0.364. The van der Waals surface area contributed by atoms with Gasteiger partial charge in [0.1, 0.15) is 6.10 Å². The Morgan fingerprint density at radius 2 is 2.33 bits per heavy atom. The molecule has 0 amide bonds. The highest BCUT2D eigenvalue weighted by Crippen LogP contribution is 2.11. The van der Waals surface area contributed by atoms with Crippen molar-refractivity contribution in [2.24, 2.45) is 0 Å². The van der Waals surface area contributed by atoms with Gasteiger partial charge in [-0.1, -0.05) is 12.1 Å². The highest BCUT2D eigenvalue weighted by atomic mass is 16.6. The molecule has 1 aliphatic rings. The zero-order valence-electron chi connectivity index (χ0n) is 8.18. The van der Waals surface area contributed by atoms with Crippen LogP contribution < -0.4 is 0 Å². The first-order chi connectivity index (χ1) is 7.25. The summed E-state index contributed by atoms with van der Waals surface area (Å²) in [4.78, 5) is 10.7. The number of carboxylic acids is 1. The lowest BCUT2D eigenvalue weighted by molar-refractivity contribution is -0.135. The van der Waals surface area contributed by atoms with Gasteiger partial charge < -0.3 is 14.6 Å². The second-order valence-electron chi connectivity index (χ2n) is 3.48. The lowest BCUT2D eigenvalue weighted by Crippen LogP contribution is -2.35. The molecule has 0 unspecified atom stereocenters. The quantitative estimate of drug-likeness (QED) is 0.810. The van der Waals surface area contributed by atoms with Crippen molar-refractivity contribution >= 4 is 5.97 Å². The van der Waals surface area contributed by atoms with Crippen molar-refractivity contribution in [3.05, 3.63) is 35.4 Å². The van der Waals surface area contributed by atoms with Gasteiger partial charge >= 0.3 is 5.97 Å². The third-order valence-electron chi connectivity index (χ3n) is 2.27. The number of hydrogen-bond acceptors (Lipinski definition) is 3. The van der Waals surface area contributed by atoms with Crippen molar-refractivity contribution in [1.82, 2.24) is 0 Å². The number of ether oxygens (including phenoxy) is 2. The molecular weight excluding hydrogens is 196 g/mol. The maximum Gasteiger partial charge on any atom is 0.335 e. The van der Waals surface area contributed by atoms with Gasteiger partial charge in [0.05, 0.1) is 25.4 Å². The predicted octanol–water partition coefficient (Wildman–Crippen LogP) is 1.30. The van der Waals surface area contributed by atoms with Crippen LogP contribution >= 0.6 is 0 Å². The summed E-state index contributed by atoms with van der Waals surface area (Å²) in [5.41, 5.74) is 1.17. The average molecular weight is 208 g/mol. The molecule has 0 spiro atoms. The number of benzene rings is 1. The van der Waals surface area contributed by atoms with Gasteiger partial charge in [-0.05, 0) is 17.7 Å². The van der Waals surface area contributed by atoms with Gasteiger partial charge in [-0.15, -0.1) is 0 Å². The van der Waals surface area contributed by atoms with Crippen molar-refractivity contribution < 1.29 is 19.4 Å². The van der Waals surface area contributed by atoms with E-state index in [1.165, 1.54) is 0 Å². The number of carbonyl (C=O) groups is 1. The maximum atomic E-state index is 10.7. The smallest absolute Gasteiger partial charge is 0.335 e. The molecule has 0 aromatic heterocycles. The summed E-state index contributed by atoms with van der Waals surface area (Å²) in [6.45, 7) is 1.71. The Bertz CT molecular complexity index is 357. The maximum absolute atomic E-state index is 10.7. The van der Waals surface area contributed by atoms with E-state index in [1.54, 1.807) is 18.2 Å². The molecule has 0 aliphatic carbocycles. The molecule has 0 radical (unpaired) electrons. The first-order valence-electron chi connectivity index (χ1n) is 4.77. The van der Waals surface area contributed by atoms with E-state index in [9.17, 15) is 4.79 Å². The normalized spacial score (nSPS) is 16.0. The van der Waals surface area contributed by atoms with Crippen LogP contribution in [-0.2, 0) is 16.1 Å². The van der Waals surface area contributed by atoms with Crippen LogP contribution in [-0.4, -0.2) is 30.4 Å². The standard InChI is InChI=1S/C11H12O4/c12-11(13)9-3-1-2-8(4-9)5-15-10-6-14-7-10/h1-4,10H,5-7H2,(H,12,13). The van der Waals surface area contributed by atoms with Crippen molar-refractivity contribution in [3.63, 3.8) is 0 Å². The molecule has 1 aromatic carbocycles. The van der Waals surface area contributed by atoms with Crippen LogP contribution in [0.1, 0.15) is 15.9 Å². The van der Waals surface area contributed by atoms with Crippen molar-refractivity contribution in [2.75, 3.05) is 13.2 Å². The number of rotatable bonds is 4. The Hall–Kier alpha value is -1.39. The minimum absolute atomic E-state index is 0.165. The molecule has 15 heavy (non-hydrogen) atoms. The zero-order chi connectivity index (χ0) is 10.7. The van der Waals surface area contributed by atoms with E-state index in [-0.39, 0.29) is 6.10 Å². The van der Waals surface area contributed by atoms with Crippen LogP contribution in [0.15, 0.2) is 24.3 Å². The minimum atomic E-state index is -0.913.